The second kappa shape index (κ2) is 16.3. The number of ether oxygens (including phenoxy) is 1. The van der Waals surface area contributed by atoms with Crippen molar-refractivity contribution in [2.75, 3.05) is 13.2 Å². The van der Waals surface area contributed by atoms with Crippen molar-refractivity contribution in [2.24, 2.45) is 0 Å². The summed E-state index contributed by atoms with van der Waals surface area (Å²) < 4.78 is 4.16. The number of carbonyl (C=O) groups excluding carboxylic acids is 1. The predicted octanol–water partition coefficient (Wildman–Crippen LogP) is -0.287. The van der Waals surface area contributed by atoms with E-state index < -0.39 is 30.8 Å². The van der Waals surface area contributed by atoms with Crippen molar-refractivity contribution in [1.82, 2.24) is 0 Å². The minimum Gasteiger partial charge on any atom is -0.479 e. The summed E-state index contributed by atoms with van der Waals surface area (Å²) in [5.74, 6) is -3.02. The Hall–Kier alpha value is -1.70. The van der Waals surface area contributed by atoms with Crippen molar-refractivity contribution >= 4 is 11.9 Å². The van der Waals surface area contributed by atoms with Gasteiger partial charge in [-0.3, -0.25) is 0 Å². The SMILES string of the molecule is C=CC.C=CC.O=C(O)C(O)C(O)C(=O)OCCO. The zero-order chi connectivity index (χ0) is 15.8. The third-order valence-electron chi connectivity index (χ3n) is 1.13. The molecule has 0 amide bonds. The Kier molecular flexibility index (Phi) is 19.3. The highest BCUT2D eigenvalue weighted by Crippen LogP contribution is 1.96. The summed E-state index contributed by atoms with van der Waals surface area (Å²) >= 11 is 0. The molecule has 0 spiro atoms. The van der Waals surface area contributed by atoms with Gasteiger partial charge < -0.3 is 25.2 Å². The number of carboxylic acid groups (broad SMARTS) is 1. The molecule has 0 aromatic carbocycles. The van der Waals surface area contributed by atoms with Crippen LogP contribution in [0.5, 0.6) is 0 Å². The first-order valence-corrected chi connectivity index (χ1v) is 5.34. The lowest BCUT2D eigenvalue weighted by Gasteiger charge is -2.12. The molecule has 19 heavy (non-hydrogen) atoms. The van der Waals surface area contributed by atoms with Crippen LogP contribution in [0, 0.1) is 0 Å². The molecule has 0 aliphatic heterocycles. The summed E-state index contributed by atoms with van der Waals surface area (Å²) in [6.07, 6.45) is -0.852. The molecular formula is C12H22O7. The molecule has 7 nitrogen and oxygen atoms in total. The summed E-state index contributed by atoms with van der Waals surface area (Å²) in [7, 11) is 0. The van der Waals surface area contributed by atoms with E-state index in [0.717, 1.165) is 0 Å². The molecule has 0 fully saturated rings. The van der Waals surface area contributed by atoms with Gasteiger partial charge >= 0.3 is 11.9 Å². The number of carboxylic acids is 1. The van der Waals surface area contributed by atoms with Gasteiger partial charge in [-0.25, -0.2) is 9.59 Å². The molecule has 0 heterocycles. The molecular weight excluding hydrogens is 256 g/mol. The van der Waals surface area contributed by atoms with Crippen LogP contribution in [0.2, 0.25) is 0 Å². The van der Waals surface area contributed by atoms with Gasteiger partial charge in [-0.05, 0) is 13.8 Å². The standard InChI is InChI=1S/C6H10O7.2C3H6/c7-1-2-13-6(12)4(9)3(8)5(10)11;2*1-3-2/h3-4,7-9H,1-2H2,(H,10,11);2*3H,1H2,2H3. The Morgan fingerprint density at radius 3 is 1.79 bits per heavy atom. The van der Waals surface area contributed by atoms with E-state index in [2.05, 4.69) is 17.9 Å². The molecule has 0 aliphatic carbocycles. The van der Waals surface area contributed by atoms with E-state index >= 15 is 0 Å². The summed E-state index contributed by atoms with van der Waals surface area (Å²) in [5.41, 5.74) is 0. The molecule has 112 valence electrons. The van der Waals surface area contributed by atoms with Gasteiger partial charge in [0, 0.05) is 0 Å². The van der Waals surface area contributed by atoms with Crippen molar-refractivity contribution in [1.29, 1.82) is 0 Å². The van der Waals surface area contributed by atoms with Crippen LogP contribution in [0.25, 0.3) is 0 Å². The van der Waals surface area contributed by atoms with Gasteiger partial charge in [-0.2, -0.15) is 0 Å². The van der Waals surface area contributed by atoms with E-state index in [1.807, 2.05) is 13.8 Å². The molecule has 0 saturated heterocycles. The molecule has 7 heteroatoms. The van der Waals surface area contributed by atoms with Crippen LogP contribution >= 0.6 is 0 Å². The van der Waals surface area contributed by atoms with E-state index in [1.165, 1.54) is 0 Å². The molecule has 2 atom stereocenters. The number of allylic oxidation sites excluding steroid dienone is 2. The van der Waals surface area contributed by atoms with Gasteiger partial charge in [-0.15, -0.1) is 13.2 Å². The third-order valence-corrected chi connectivity index (χ3v) is 1.13. The number of aliphatic hydroxyl groups excluding tert-OH is 3. The largest absolute Gasteiger partial charge is 0.479 e. The fourth-order valence-electron chi connectivity index (χ4n) is 0.496. The molecule has 0 aliphatic rings. The van der Waals surface area contributed by atoms with Crippen molar-refractivity contribution in [2.45, 2.75) is 26.1 Å². The lowest BCUT2D eigenvalue weighted by molar-refractivity contribution is -0.170. The van der Waals surface area contributed by atoms with Crippen LogP contribution in [0.1, 0.15) is 13.8 Å². The summed E-state index contributed by atoms with van der Waals surface area (Å²) in [6, 6.07) is 0. The van der Waals surface area contributed by atoms with E-state index in [1.54, 1.807) is 12.2 Å². The first-order chi connectivity index (χ1) is 8.83. The average Bonchev–Trinajstić information content (AvgIpc) is 2.35. The molecule has 0 saturated carbocycles. The average molecular weight is 278 g/mol. The van der Waals surface area contributed by atoms with Crippen molar-refractivity contribution in [3.8, 4) is 0 Å². The highest BCUT2D eigenvalue weighted by molar-refractivity contribution is 5.84. The maximum absolute atomic E-state index is 10.6. The van der Waals surface area contributed by atoms with Crippen molar-refractivity contribution in [3.05, 3.63) is 25.3 Å². The molecule has 0 bridgehead atoms. The van der Waals surface area contributed by atoms with Gasteiger partial charge in [-0.1, -0.05) is 12.2 Å². The van der Waals surface area contributed by atoms with Gasteiger partial charge in [0.1, 0.15) is 6.61 Å². The second-order valence-corrected chi connectivity index (χ2v) is 2.94. The summed E-state index contributed by atoms with van der Waals surface area (Å²) in [4.78, 5) is 20.7. The minimum absolute atomic E-state index is 0.359. The number of esters is 1. The zero-order valence-corrected chi connectivity index (χ0v) is 11.2. The fraction of sp³-hybridized carbons (Fsp3) is 0.500. The molecule has 0 aromatic rings. The number of aliphatic hydroxyl groups is 3. The summed E-state index contributed by atoms with van der Waals surface area (Å²) in [6.45, 7) is 9.70. The van der Waals surface area contributed by atoms with E-state index in [0.29, 0.717) is 0 Å². The molecule has 4 N–H and O–H groups in total. The monoisotopic (exact) mass is 278 g/mol. The van der Waals surface area contributed by atoms with Crippen LogP contribution in [-0.2, 0) is 14.3 Å². The first kappa shape index (κ1) is 22.5. The highest BCUT2D eigenvalue weighted by Gasteiger charge is 2.31. The quantitative estimate of drug-likeness (QED) is 0.402. The van der Waals surface area contributed by atoms with Gasteiger partial charge in [0.15, 0.2) is 12.2 Å². The van der Waals surface area contributed by atoms with Crippen molar-refractivity contribution < 1.29 is 34.8 Å². The number of aliphatic carboxylic acids is 1. The van der Waals surface area contributed by atoms with E-state index in [4.69, 9.17) is 20.4 Å². The highest BCUT2D eigenvalue weighted by atomic mass is 16.6. The van der Waals surface area contributed by atoms with E-state index in [9.17, 15) is 9.59 Å². The summed E-state index contributed by atoms with van der Waals surface area (Å²) in [5, 5.41) is 33.8. The van der Waals surface area contributed by atoms with Crippen LogP contribution in [0.3, 0.4) is 0 Å². The Balaban J connectivity index is -0.000000360. The lowest BCUT2D eigenvalue weighted by Crippen LogP contribution is -2.40. The minimum atomic E-state index is -2.22. The van der Waals surface area contributed by atoms with E-state index in [-0.39, 0.29) is 6.61 Å². The van der Waals surface area contributed by atoms with Crippen LogP contribution < -0.4 is 0 Å². The third kappa shape index (κ3) is 16.3. The number of hydrogen-bond acceptors (Lipinski definition) is 6. The van der Waals surface area contributed by atoms with Crippen LogP contribution in [0.4, 0.5) is 0 Å². The van der Waals surface area contributed by atoms with Gasteiger partial charge in [0.25, 0.3) is 0 Å². The molecule has 0 aromatic heterocycles. The number of hydrogen-bond donors (Lipinski definition) is 4. The first-order valence-electron chi connectivity index (χ1n) is 5.34. The Morgan fingerprint density at radius 2 is 1.53 bits per heavy atom. The van der Waals surface area contributed by atoms with Gasteiger partial charge in [0.2, 0.25) is 0 Å². The Bertz CT molecular complexity index is 257. The van der Waals surface area contributed by atoms with Crippen LogP contribution in [-0.4, -0.2) is 57.8 Å². The smallest absolute Gasteiger partial charge is 0.338 e. The zero-order valence-electron chi connectivity index (χ0n) is 11.2. The maximum atomic E-state index is 10.6. The Labute approximate surface area is 112 Å². The molecule has 0 rings (SSSR count). The van der Waals surface area contributed by atoms with Crippen molar-refractivity contribution in [3.63, 3.8) is 0 Å². The topological polar surface area (TPSA) is 124 Å². The number of carbonyl (C=O) groups is 2. The Morgan fingerprint density at radius 1 is 1.16 bits per heavy atom. The van der Waals surface area contributed by atoms with Crippen LogP contribution in [0.15, 0.2) is 25.3 Å². The molecule has 0 radical (unpaired) electrons. The fourth-order valence-corrected chi connectivity index (χ4v) is 0.496. The maximum Gasteiger partial charge on any atom is 0.338 e. The van der Waals surface area contributed by atoms with Gasteiger partial charge in [0.05, 0.1) is 6.61 Å². The normalized spacial score (nSPS) is 11.4. The lowest BCUT2D eigenvalue weighted by atomic mass is 10.2. The number of rotatable bonds is 5. The predicted molar refractivity (Wildman–Crippen MR) is 69.4 cm³/mol. The second-order valence-electron chi connectivity index (χ2n) is 2.94. The molecule has 2 unspecified atom stereocenters.